The Morgan fingerprint density at radius 2 is 1.63 bits per heavy atom. The lowest BCUT2D eigenvalue weighted by Gasteiger charge is -2.33. The van der Waals surface area contributed by atoms with Crippen molar-refractivity contribution >= 4 is 11.9 Å². The van der Waals surface area contributed by atoms with E-state index in [1.54, 1.807) is 4.90 Å². The van der Waals surface area contributed by atoms with Gasteiger partial charge in [-0.15, -0.1) is 0 Å². The maximum Gasteiger partial charge on any atom is 0.415 e. The Hall–Kier alpha value is -2.97. The molecule has 0 saturated carbocycles. The van der Waals surface area contributed by atoms with E-state index in [9.17, 15) is 14.0 Å². The number of amides is 1. The van der Waals surface area contributed by atoms with E-state index in [1.807, 2.05) is 29.2 Å². The van der Waals surface area contributed by atoms with Gasteiger partial charge in [0.25, 0.3) is 0 Å². The van der Waals surface area contributed by atoms with Crippen LogP contribution in [0.3, 0.4) is 0 Å². The fourth-order valence-electron chi connectivity index (χ4n) is 4.57. The molecule has 1 atom stereocenters. The Bertz CT molecular complexity index is 975. The number of Topliss-reactive ketones (excluding diaryl/α,β-unsaturated/α-hetero) is 1. The summed E-state index contributed by atoms with van der Waals surface area (Å²) in [6.07, 6.45) is 3.11. The summed E-state index contributed by atoms with van der Waals surface area (Å²) in [5.41, 5.74) is 0.654. The number of hydrogen-bond acceptors (Lipinski definition) is 6. The minimum absolute atomic E-state index is 0.0434. The Kier molecular flexibility index (Phi) is 8.71. The van der Waals surface area contributed by atoms with Crippen LogP contribution in [0.25, 0.3) is 0 Å². The number of ketones is 1. The predicted octanol–water partition coefficient (Wildman–Crippen LogP) is 4.08. The van der Waals surface area contributed by atoms with E-state index in [-0.39, 0.29) is 11.6 Å². The molecule has 2 aromatic rings. The zero-order valence-electron chi connectivity index (χ0n) is 20.3. The van der Waals surface area contributed by atoms with Gasteiger partial charge in [0.05, 0.1) is 13.2 Å². The highest BCUT2D eigenvalue weighted by Gasteiger charge is 2.24. The van der Waals surface area contributed by atoms with Crippen LogP contribution < -0.4 is 9.47 Å². The van der Waals surface area contributed by atoms with E-state index >= 15 is 0 Å². The van der Waals surface area contributed by atoms with Gasteiger partial charge in [-0.2, -0.15) is 0 Å². The lowest BCUT2D eigenvalue weighted by atomic mass is 10.1. The molecule has 1 amide bonds. The van der Waals surface area contributed by atoms with Gasteiger partial charge in [0.2, 0.25) is 0 Å². The van der Waals surface area contributed by atoms with Crippen molar-refractivity contribution in [3.63, 3.8) is 0 Å². The predicted molar refractivity (Wildman–Crippen MR) is 132 cm³/mol. The summed E-state index contributed by atoms with van der Waals surface area (Å²) < 4.78 is 24.1. The number of rotatable bonds is 9. The molecule has 2 aliphatic rings. The van der Waals surface area contributed by atoms with Crippen molar-refractivity contribution in [3.8, 4) is 11.5 Å². The molecule has 2 saturated heterocycles. The number of hydrogen-bond donors (Lipinski definition) is 0. The van der Waals surface area contributed by atoms with Crippen LogP contribution in [0, 0.1) is 5.82 Å². The average Bonchev–Trinajstić information content (AvgIpc) is 3.28. The first-order chi connectivity index (χ1) is 17.0. The first-order valence-corrected chi connectivity index (χ1v) is 12.4. The molecule has 4 rings (SSSR count). The van der Waals surface area contributed by atoms with Gasteiger partial charge in [0.1, 0.15) is 17.3 Å². The Labute approximate surface area is 206 Å². The molecule has 8 heteroatoms. The van der Waals surface area contributed by atoms with Crippen molar-refractivity contribution in [1.29, 1.82) is 0 Å². The second kappa shape index (κ2) is 12.1. The van der Waals surface area contributed by atoms with Crippen LogP contribution in [-0.2, 0) is 0 Å². The zero-order valence-corrected chi connectivity index (χ0v) is 20.3. The maximum absolute atomic E-state index is 13.0. The van der Waals surface area contributed by atoms with Crippen molar-refractivity contribution < 1.29 is 23.5 Å². The van der Waals surface area contributed by atoms with E-state index in [1.165, 1.54) is 43.7 Å². The highest BCUT2D eigenvalue weighted by Crippen LogP contribution is 2.18. The molecule has 0 aromatic heterocycles. The fourth-order valence-corrected chi connectivity index (χ4v) is 4.57. The van der Waals surface area contributed by atoms with Crippen molar-refractivity contribution in [2.24, 2.45) is 0 Å². The summed E-state index contributed by atoms with van der Waals surface area (Å²) in [6, 6.07) is 13.4. The van der Waals surface area contributed by atoms with Gasteiger partial charge in [-0.3, -0.25) is 9.69 Å². The number of benzene rings is 2. The maximum atomic E-state index is 13.0. The van der Waals surface area contributed by atoms with E-state index < -0.39 is 6.09 Å². The molecule has 35 heavy (non-hydrogen) atoms. The van der Waals surface area contributed by atoms with Crippen LogP contribution in [0.5, 0.6) is 11.5 Å². The Morgan fingerprint density at radius 1 is 0.943 bits per heavy atom. The standard InChI is InChI=1S/C27H34FN3O4/c1-21-4-2-13-30(21)14-3-19-34-24-9-5-22(6-10-24)26(32)20-29-15-17-31(18-16-29)27(33)35-25-11-7-23(28)8-12-25/h5-12,21H,2-4,13-20H2,1H3. The van der Waals surface area contributed by atoms with Crippen LogP contribution in [0.1, 0.15) is 36.5 Å². The minimum Gasteiger partial charge on any atom is -0.494 e. The fraction of sp³-hybridized carbons (Fsp3) is 0.481. The second-order valence-electron chi connectivity index (χ2n) is 9.26. The highest BCUT2D eigenvalue weighted by molar-refractivity contribution is 5.97. The number of nitrogens with zero attached hydrogens (tertiary/aromatic N) is 3. The third-order valence-corrected chi connectivity index (χ3v) is 6.74. The second-order valence-corrected chi connectivity index (χ2v) is 9.26. The van der Waals surface area contributed by atoms with Crippen molar-refractivity contribution in [1.82, 2.24) is 14.7 Å². The third-order valence-electron chi connectivity index (χ3n) is 6.74. The summed E-state index contributed by atoms with van der Waals surface area (Å²) in [7, 11) is 0. The molecule has 1 unspecified atom stereocenters. The first-order valence-electron chi connectivity index (χ1n) is 12.4. The first kappa shape index (κ1) is 25.1. The van der Waals surface area contributed by atoms with Gasteiger partial charge < -0.3 is 19.3 Å². The third kappa shape index (κ3) is 7.26. The summed E-state index contributed by atoms with van der Waals surface area (Å²) in [5, 5.41) is 0. The van der Waals surface area contributed by atoms with Crippen LogP contribution in [0.15, 0.2) is 48.5 Å². The quantitative estimate of drug-likeness (QED) is 0.396. The lowest BCUT2D eigenvalue weighted by Crippen LogP contribution is -2.50. The van der Waals surface area contributed by atoms with Crippen molar-refractivity contribution in [2.45, 2.75) is 32.2 Å². The number of ether oxygens (including phenoxy) is 2. The Morgan fingerprint density at radius 3 is 2.29 bits per heavy atom. The molecule has 2 aromatic carbocycles. The summed E-state index contributed by atoms with van der Waals surface area (Å²) in [4.78, 5) is 31.2. The molecular formula is C27H34FN3O4. The number of halogens is 1. The normalized spacial score (nSPS) is 19.0. The molecule has 2 fully saturated rings. The van der Waals surface area contributed by atoms with Gasteiger partial charge in [-0.1, -0.05) is 0 Å². The summed E-state index contributed by atoms with van der Waals surface area (Å²) in [5.74, 6) is 0.752. The minimum atomic E-state index is -0.465. The van der Waals surface area contributed by atoms with Gasteiger partial charge in [0, 0.05) is 44.3 Å². The number of carbonyl (C=O) groups is 2. The number of carbonyl (C=O) groups excluding carboxylic acids is 2. The smallest absolute Gasteiger partial charge is 0.415 e. The van der Waals surface area contributed by atoms with Gasteiger partial charge in [-0.05, 0) is 81.3 Å². The van der Waals surface area contributed by atoms with Crippen molar-refractivity contribution in [3.05, 3.63) is 59.9 Å². The van der Waals surface area contributed by atoms with Gasteiger partial charge in [-0.25, -0.2) is 9.18 Å². The molecular weight excluding hydrogens is 449 g/mol. The van der Waals surface area contributed by atoms with E-state index in [0.29, 0.717) is 56.7 Å². The molecule has 0 bridgehead atoms. The van der Waals surface area contributed by atoms with Gasteiger partial charge in [0.15, 0.2) is 5.78 Å². The zero-order chi connectivity index (χ0) is 24.6. The monoisotopic (exact) mass is 483 g/mol. The Balaban J connectivity index is 1.15. The SMILES string of the molecule is CC1CCCN1CCCOc1ccc(C(=O)CN2CCN(C(=O)Oc3ccc(F)cc3)CC2)cc1. The van der Waals surface area contributed by atoms with Crippen LogP contribution in [-0.4, -0.2) is 85.0 Å². The average molecular weight is 484 g/mol. The van der Waals surface area contributed by atoms with E-state index in [4.69, 9.17) is 9.47 Å². The summed E-state index contributed by atoms with van der Waals surface area (Å²) >= 11 is 0. The number of likely N-dealkylation sites (tertiary alicyclic amines) is 1. The van der Waals surface area contributed by atoms with Crippen LogP contribution in [0.4, 0.5) is 9.18 Å². The van der Waals surface area contributed by atoms with E-state index in [2.05, 4.69) is 11.8 Å². The molecule has 7 nitrogen and oxygen atoms in total. The number of piperazine rings is 1. The van der Waals surface area contributed by atoms with Crippen molar-refractivity contribution in [2.75, 3.05) is 52.4 Å². The molecule has 0 aliphatic carbocycles. The highest BCUT2D eigenvalue weighted by atomic mass is 19.1. The molecule has 0 N–H and O–H groups in total. The van der Waals surface area contributed by atoms with E-state index in [0.717, 1.165) is 18.7 Å². The lowest BCUT2D eigenvalue weighted by molar-refractivity contribution is 0.0845. The molecule has 2 heterocycles. The van der Waals surface area contributed by atoms with Crippen LogP contribution in [0.2, 0.25) is 0 Å². The largest absolute Gasteiger partial charge is 0.494 e. The van der Waals surface area contributed by atoms with Gasteiger partial charge >= 0.3 is 6.09 Å². The molecule has 0 radical (unpaired) electrons. The molecule has 2 aliphatic heterocycles. The summed E-state index contributed by atoms with van der Waals surface area (Å²) in [6.45, 7) is 7.61. The van der Waals surface area contributed by atoms with Crippen LogP contribution >= 0.6 is 0 Å². The topological polar surface area (TPSA) is 62.3 Å². The molecule has 0 spiro atoms. The molecule has 188 valence electrons.